The number of halogens is 1. The molecule has 1 nitrogen and oxygen atoms in total. The maximum atomic E-state index is 9.55. The zero-order valence-corrected chi connectivity index (χ0v) is 10.8. The van der Waals surface area contributed by atoms with Gasteiger partial charge in [0.15, 0.2) is 0 Å². The largest absolute Gasteiger partial charge is 0.508 e. The van der Waals surface area contributed by atoms with Crippen molar-refractivity contribution in [2.24, 2.45) is 5.92 Å². The van der Waals surface area contributed by atoms with E-state index in [9.17, 15) is 5.11 Å². The average Bonchev–Trinajstić information content (AvgIpc) is 2.78. The van der Waals surface area contributed by atoms with E-state index in [-0.39, 0.29) is 5.76 Å². The Morgan fingerprint density at radius 3 is 2.71 bits per heavy atom. The van der Waals surface area contributed by atoms with Crippen LogP contribution in [-0.2, 0) is 6.42 Å². The molecule has 1 N–H and O–H groups in total. The number of aliphatic hydroxyl groups is 1. The Hall–Kier alpha value is -0.950. The van der Waals surface area contributed by atoms with Gasteiger partial charge in [-0.05, 0) is 42.5 Å². The smallest absolute Gasteiger partial charge is 0.115 e. The van der Waals surface area contributed by atoms with Crippen molar-refractivity contribution in [3.05, 3.63) is 40.9 Å². The van der Waals surface area contributed by atoms with Crippen LogP contribution < -0.4 is 0 Å². The maximum Gasteiger partial charge on any atom is 0.115 e. The van der Waals surface area contributed by atoms with Crippen molar-refractivity contribution >= 4 is 17.4 Å². The lowest BCUT2D eigenvalue weighted by molar-refractivity contribution is 0.497. The minimum atomic E-state index is 0.142. The van der Waals surface area contributed by atoms with Crippen LogP contribution >= 0.6 is 11.6 Å². The molecule has 1 saturated carbocycles. The lowest BCUT2D eigenvalue weighted by atomic mass is 9.95. The highest BCUT2D eigenvalue weighted by Gasteiger charge is 2.15. The molecule has 0 saturated heterocycles. The Kier molecular flexibility index (Phi) is 4.11. The second-order valence-electron chi connectivity index (χ2n) is 4.94. The molecule has 92 valence electrons. The van der Waals surface area contributed by atoms with Crippen molar-refractivity contribution < 1.29 is 5.11 Å². The molecule has 1 aliphatic rings. The van der Waals surface area contributed by atoms with Gasteiger partial charge in [-0.1, -0.05) is 43.9 Å². The Balaban J connectivity index is 2.07. The first kappa shape index (κ1) is 12.5. The van der Waals surface area contributed by atoms with Gasteiger partial charge in [-0.2, -0.15) is 0 Å². The molecule has 1 aromatic rings. The second kappa shape index (κ2) is 5.59. The summed E-state index contributed by atoms with van der Waals surface area (Å²) in [5.74, 6) is 0.997. The monoisotopic (exact) mass is 250 g/mol. The highest BCUT2D eigenvalue weighted by Crippen LogP contribution is 2.30. The SMILES string of the molecule is C=C(O)c1ccc(Cl)cc1CCC1CCCC1. The van der Waals surface area contributed by atoms with Crippen molar-refractivity contribution in [2.75, 3.05) is 0 Å². The third-order valence-corrected chi connectivity index (χ3v) is 3.91. The molecule has 1 aromatic carbocycles. The first-order chi connectivity index (χ1) is 8.16. The Labute approximate surface area is 108 Å². The van der Waals surface area contributed by atoms with Gasteiger partial charge >= 0.3 is 0 Å². The van der Waals surface area contributed by atoms with Gasteiger partial charge in [0.2, 0.25) is 0 Å². The van der Waals surface area contributed by atoms with E-state index in [4.69, 9.17) is 11.6 Å². The highest BCUT2D eigenvalue weighted by molar-refractivity contribution is 6.30. The minimum absolute atomic E-state index is 0.142. The van der Waals surface area contributed by atoms with Gasteiger partial charge in [-0.15, -0.1) is 0 Å². The van der Waals surface area contributed by atoms with E-state index < -0.39 is 0 Å². The summed E-state index contributed by atoms with van der Waals surface area (Å²) < 4.78 is 0. The molecule has 0 bridgehead atoms. The van der Waals surface area contributed by atoms with Gasteiger partial charge < -0.3 is 5.11 Å². The predicted octanol–water partition coefficient (Wildman–Crippen LogP) is 4.99. The van der Waals surface area contributed by atoms with Crippen LogP contribution in [-0.4, -0.2) is 5.11 Å². The molecular weight excluding hydrogens is 232 g/mol. The summed E-state index contributed by atoms with van der Waals surface area (Å²) in [5, 5.41) is 10.3. The molecule has 1 fully saturated rings. The molecule has 0 atom stereocenters. The molecule has 1 aliphatic carbocycles. The first-order valence-electron chi connectivity index (χ1n) is 6.33. The van der Waals surface area contributed by atoms with Crippen LogP contribution in [0.4, 0.5) is 0 Å². The standard InChI is InChI=1S/C15H19ClO/c1-11(17)15-9-8-14(16)10-13(15)7-6-12-4-2-3-5-12/h8-10,12,17H,1-7H2. The number of aryl methyl sites for hydroxylation is 1. The van der Waals surface area contributed by atoms with E-state index in [2.05, 4.69) is 6.58 Å². The van der Waals surface area contributed by atoms with Crippen molar-refractivity contribution in [3.63, 3.8) is 0 Å². The molecule has 17 heavy (non-hydrogen) atoms. The van der Waals surface area contributed by atoms with Crippen molar-refractivity contribution in [2.45, 2.75) is 38.5 Å². The molecule has 0 spiro atoms. The summed E-state index contributed by atoms with van der Waals surface area (Å²) >= 11 is 6.01. The number of benzene rings is 1. The zero-order valence-electron chi connectivity index (χ0n) is 10.1. The van der Waals surface area contributed by atoms with E-state index in [0.717, 1.165) is 28.5 Å². The Morgan fingerprint density at radius 2 is 2.06 bits per heavy atom. The van der Waals surface area contributed by atoms with Crippen LogP contribution in [0.15, 0.2) is 24.8 Å². The fourth-order valence-corrected chi connectivity index (χ4v) is 2.90. The topological polar surface area (TPSA) is 20.2 Å². The van der Waals surface area contributed by atoms with Crippen LogP contribution in [0.25, 0.3) is 5.76 Å². The van der Waals surface area contributed by atoms with Gasteiger partial charge in [-0.25, -0.2) is 0 Å². The van der Waals surface area contributed by atoms with Crippen molar-refractivity contribution in [1.82, 2.24) is 0 Å². The van der Waals surface area contributed by atoms with Crippen LogP contribution in [0.5, 0.6) is 0 Å². The molecule has 0 unspecified atom stereocenters. The molecule has 0 aromatic heterocycles. The zero-order chi connectivity index (χ0) is 12.3. The second-order valence-corrected chi connectivity index (χ2v) is 5.37. The molecule has 0 radical (unpaired) electrons. The average molecular weight is 251 g/mol. The van der Waals surface area contributed by atoms with Gasteiger partial charge in [0.05, 0.1) is 0 Å². The summed E-state index contributed by atoms with van der Waals surface area (Å²) in [5.41, 5.74) is 1.96. The minimum Gasteiger partial charge on any atom is -0.508 e. The van der Waals surface area contributed by atoms with Crippen LogP contribution in [0.2, 0.25) is 5.02 Å². The molecule has 0 heterocycles. The summed E-state index contributed by atoms with van der Waals surface area (Å²) in [4.78, 5) is 0. The third-order valence-electron chi connectivity index (χ3n) is 3.67. The molecule has 2 rings (SSSR count). The van der Waals surface area contributed by atoms with E-state index in [1.807, 2.05) is 12.1 Å². The van der Waals surface area contributed by atoms with Crippen LogP contribution in [0, 0.1) is 5.92 Å². The fraction of sp³-hybridized carbons (Fsp3) is 0.467. The lowest BCUT2D eigenvalue weighted by Crippen LogP contribution is -1.99. The quantitative estimate of drug-likeness (QED) is 0.747. The maximum absolute atomic E-state index is 9.55. The fourth-order valence-electron chi connectivity index (χ4n) is 2.71. The van der Waals surface area contributed by atoms with Gasteiger partial charge in [0.1, 0.15) is 5.76 Å². The van der Waals surface area contributed by atoms with Gasteiger partial charge in [0.25, 0.3) is 0 Å². The number of hydrogen-bond donors (Lipinski definition) is 1. The number of rotatable bonds is 4. The Bertz CT molecular complexity index is 405. The molecule has 0 aliphatic heterocycles. The van der Waals surface area contributed by atoms with E-state index >= 15 is 0 Å². The highest BCUT2D eigenvalue weighted by atomic mass is 35.5. The molecule has 2 heteroatoms. The summed E-state index contributed by atoms with van der Waals surface area (Å²) in [6, 6.07) is 5.61. The van der Waals surface area contributed by atoms with Gasteiger partial charge in [-0.3, -0.25) is 0 Å². The van der Waals surface area contributed by atoms with Crippen LogP contribution in [0.3, 0.4) is 0 Å². The van der Waals surface area contributed by atoms with E-state index in [0.29, 0.717) is 0 Å². The number of aliphatic hydroxyl groups excluding tert-OH is 1. The van der Waals surface area contributed by atoms with Crippen LogP contribution in [0.1, 0.15) is 43.2 Å². The predicted molar refractivity (Wildman–Crippen MR) is 73.4 cm³/mol. The summed E-state index contributed by atoms with van der Waals surface area (Å²) in [6.45, 7) is 3.61. The normalized spacial score (nSPS) is 16.3. The van der Waals surface area contributed by atoms with E-state index in [1.54, 1.807) is 6.07 Å². The Morgan fingerprint density at radius 1 is 1.35 bits per heavy atom. The number of hydrogen-bond acceptors (Lipinski definition) is 1. The van der Waals surface area contributed by atoms with Gasteiger partial charge in [0, 0.05) is 10.6 Å². The van der Waals surface area contributed by atoms with Crippen molar-refractivity contribution in [1.29, 1.82) is 0 Å². The molecular formula is C15H19ClO. The summed E-state index contributed by atoms with van der Waals surface area (Å²) in [6.07, 6.45) is 7.65. The van der Waals surface area contributed by atoms with E-state index in [1.165, 1.54) is 32.1 Å². The third kappa shape index (κ3) is 3.26. The summed E-state index contributed by atoms with van der Waals surface area (Å²) in [7, 11) is 0. The molecule has 0 amide bonds. The lowest BCUT2D eigenvalue weighted by Gasteiger charge is -2.12. The first-order valence-corrected chi connectivity index (χ1v) is 6.71. The van der Waals surface area contributed by atoms with Crippen molar-refractivity contribution in [3.8, 4) is 0 Å².